The molecule has 0 heterocycles. The summed E-state index contributed by atoms with van der Waals surface area (Å²) in [6.07, 6.45) is 0. The maximum absolute atomic E-state index is 10.4. The monoisotopic (exact) mass is 383 g/mol. The summed E-state index contributed by atoms with van der Waals surface area (Å²) in [6.45, 7) is 0. The molecule has 0 unspecified atom stereocenters. The second kappa shape index (κ2) is 10.2. The molecule has 0 bridgehead atoms. The van der Waals surface area contributed by atoms with Crippen molar-refractivity contribution in [3.05, 3.63) is 127 Å². The molecule has 0 aromatic heterocycles. The summed E-state index contributed by atoms with van der Waals surface area (Å²) in [7, 11) is -0.446. The van der Waals surface area contributed by atoms with Crippen LogP contribution in [0.4, 0.5) is 0 Å². The largest absolute Gasteiger partial charge is 0.366 e. The van der Waals surface area contributed by atoms with Gasteiger partial charge in [-0.1, -0.05) is 109 Å². The summed E-state index contributed by atoms with van der Waals surface area (Å²) in [4.78, 5) is 10.4. The Morgan fingerprint density at radius 1 is 0.500 bits per heavy atom. The Bertz CT molecular complexity index is 880. The summed E-state index contributed by atoms with van der Waals surface area (Å²) in [5.74, 6) is -0.379. The number of hydrogen-bond acceptors (Lipinski definition) is 1. The van der Waals surface area contributed by atoms with Gasteiger partial charge in [0.2, 0.25) is 5.91 Å². The van der Waals surface area contributed by atoms with Crippen LogP contribution in [-0.2, 0) is 0 Å². The van der Waals surface area contributed by atoms with E-state index in [1.807, 2.05) is 6.07 Å². The number of amides is 1. The van der Waals surface area contributed by atoms with Gasteiger partial charge in [0.15, 0.2) is 0 Å². The standard InChI is InChI=1S/C18H15P.C7H7NO/c1-4-10-16(11-5-1)19(17-12-6-2-7-13-17)18-14-8-3-9-15-18;8-7(9)6-4-2-1-3-5-6/h1-15H;1-5H,(H2,8,9). The zero-order valence-corrected chi connectivity index (χ0v) is 16.4. The van der Waals surface area contributed by atoms with Gasteiger partial charge in [-0.05, 0) is 36.0 Å². The normalized spacial score (nSPS) is 10.0. The Morgan fingerprint density at radius 2 is 0.786 bits per heavy atom. The van der Waals surface area contributed by atoms with E-state index in [9.17, 15) is 4.79 Å². The molecule has 4 aromatic carbocycles. The fourth-order valence-corrected chi connectivity index (χ4v) is 5.09. The van der Waals surface area contributed by atoms with Crippen molar-refractivity contribution in [2.75, 3.05) is 0 Å². The molecular weight excluding hydrogens is 361 g/mol. The van der Waals surface area contributed by atoms with Gasteiger partial charge in [-0.25, -0.2) is 0 Å². The quantitative estimate of drug-likeness (QED) is 0.527. The molecular formula is C25H22NOP. The van der Waals surface area contributed by atoms with Gasteiger partial charge in [-0.3, -0.25) is 4.79 Å². The second-order valence-electron chi connectivity index (χ2n) is 6.07. The number of benzene rings is 4. The number of hydrogen-bond donors (Lipinski definition) is 1. The fraction of sp³-hybridized carbons (Fsp3) is 0. The van der Waals surface area contributed by atoms with Crippen LogP contribution in [0.25, 0.3) is 0 Å². The van der Waals surface area contributed by atoms with Gasteiger partial charge in [-0.2, -0.15) is 0 Å². The zero-order chi connectivity index (χ0) is 19.6. The Kier molecular flexibility index (Phi) is 7.12. The highest BCUT2D eigenvalue weighted by atomic mass is 31.1. The molecule has 0 atom stereocenters. The summed E-state index contributed by atoms with van der Waals surface area (Å²) < 4.78 is 0. The first-order chi connectivity index (χ1) is 13.8. The van der Waals surface area contributed by atoms with Crippen LogP contribution in [0.5, 0.6) is 0 Å². The highest BCUT2D eigenvalue weighted by Gasteiger charge is 2.14. The Morgan fingerprint density at radius 3 is 1.04 bits per heavy atom. The number of carbonyl (C=O) groups excluding carboxylic acids is 1. The van der Waals surface area contributed by atoms with E-state index >= 15 is 0 Å². The summed E-state index contributed by atoms with van der Waals surface area (Å²) in [5.41, 5.74) is 5.53. The minimum atomic E-state index is -0.446. The third kappa shape index (κ3) is 5.39. The van der Waals surface area contributed by atoms with Crippen LogP contribution in [-0.4, -0.2) is 5.91 Å². The van der Waals surface area contributed by atoms with Crippen molar-refractivity contribution in [1.29, 1.82) is 0 Å². The van der Waals surface area contributed by atoms with Crippen molar-refractivity contribution in [3.8, 4) is 0 Å². The van der Waals surface area contributed by atoms with E-state index in [0.29, 0.717) is 5.56 Å². The van der Waals surface area contributed by atoms with Gasteiger partial charge in [0.25, 0.3) is 0 Å². The van der Waals surface area contributed by atoms with Crippen LogP contribution in [0.15, 0.2) is 121 Å². The molecule has 138 valence electrons. The minimum Gasteiger partial charge on any atom is -0.366 e. The van der Waals surface area contributed by atoms with Crippen molar-refractivity contribution in [1.82, 2.24) is 0 Å². The average Bonchev–Trinajstić information content (AvgIpc) is 2.77. The van der Waals surface area contributed by atoms with E-state index in [1.165, 1.54) is 15.9 Å². The summed E-state index contributed by atoms with van der Waals surface area (Å²) in [5, 5.41) is 4.19. The molecule has 0 aliphatic rings. The van der Waals surface area contributed by atoms with Crippen LogP contribution in [0, 0.1) is 0 Å². The second-order valence-corrected chi connectivity index (χ2v) is 8.29. The van der Waals surface area contributed by atoms with Crippen molar-refractivity contribution < 1.29 is 4.79 Å². The van der Waals surface area contributed by atoms with Crippen LogP contribution in [0.1, 0.15) is 10.4 Å². The molecule has 4 rings (SSSR count). The predicted octanol–water partition coefficient (Wildman–Crippen LogP) is 4.23. The van der Waals surface area contributed by atoms with E-state index in [2.05, 4.69) is 91.0 Å². The topological polar surface area (TPSA) is 43.1 Å². The molecule has 2 N–H and O–H groups in total. The highest BCUT2D eigenvalue weighted by molar-refractivity contribution is 7.79. The third-order valence-corrected chi connectivity index (χ3v) is 6.55. The van der Waals surface area contributed by atoms with E-state index in [4.69, 9.17) is 5.73 Å². The van der Waals surface area contributed by atoms with Crippen molar-refractivity contribution in [2.45, 2.75) is 0 Å². The molecule has 0 fully saturated rings. The first kappa shape index (κ1) is 19.5. The molecule has 2 nitrogen and oxygen atoms in total. The van der Waals surface area contributed by atoms with Crippen LogP contribution in [0.2, 0.25) is 0 Å². The first-order valence-electron chi connectivity index (χ1n) is 9.06. The van der Waals surface area contributed by atoms with Gasteiger partial charge < -0.3 is 5.73 Å². The summed E-state index contributed by atoms with van der Waals surface area (Å²) >= 11 is 0. The molecule has 4 aromatic rings. The van der Waals surface area contributed by atoms with Crippen LogP contribution < -0.4 is 21.6 Å². The lowest BCUT2D eigenvalue weighted by Crippen LogP contribution is -2.20. The molecule has 28 heavy (non-hydrogen) atoms. The predicted molar refractivity (Wildman–Crippen MR) is 120 cm³/mol. The van der Waals surface area contributed by atoms with Crippen LogP contribution in [0.3, 0.4) is 0 Å². The van der Waals surface area contributed by atoms with Gasteiger partial charge >= 0.3 is 0 Å². The van der Waals surface area contributed by atoms with Crippen molar-refractivity contribution in [2.24, 2.45) is 5.73 Å². The highest BCUT2D eigenvalue weighted by Crippen LogP contribution is 2.32. The minimum absolute atomic E-state index is 0.379. The van der Waals surface area contributed by atoms with E-state index in [1.54, 1.807) is 24.3 Å². The number of carbonyl (C=O) groups is 1. The Hall–Kier alpha value is -3.22. The molecule has 0 aliphatic carbocycles. The zero-order valence-electron chi connectivity index (χ0n) is 15.5. The van der Waals surface area contributed by atoms with Gasteiger partial charge in [-0.15, -0.1) is 0 Å². The number of primary amides is 1. The van der Waals surface area contributed by atoms with Gasteiger partial charge in [0.05, 0.1) is 0 Å². The van der Waals surface area contributed by atoms with Crippen molar-refractivity contribution >= 4 is 29.7 Å². The van der Waals surface area contributed by atoms with E-state index < -0.39 is 7.92 Å². The summed E-state index contributed by atoms with van der Waals surface area (Å²) in [6, 6.07) is 41.1. The first-order valence-corrected chi connectivity index (χ1v) is 10.4. The lowest BCUT2D eigenvalue weighted by molar-refractivity contribution is 0.100. The van der Waals surface area contributed by atoms with Gasteiger partial charge in [0, 0.05) is 5.56 Å². The van der Waals surface area contributed by atoms with Crippen LogP contribution >= 0.6 is 7.92 Å². The maximum Gasteiger partial charge on any atom is 0.248 e. The molecule has 0 aliphatic heterocycles. The Labute approximate surface area is 167 Å². The molecule has 0 radical (unpaired) electrons. The van der Waals surface area contributed by atoms with Gasteiger partial charge in [0.1, 0.15) is 0 Å². The lowest BCUT2D eigenvalue weighted by Gasteiger charge is -2.18. The molecule has 0 saturated carbocycles. The molecule has 0 spiro atoms. The molecule has 0 saturated heterocycles. The fourth-order valence-electron chi connectivity index (χ4n) is 2.78. The average molecular weight is 383 g/mol. The maximum atomic E-state index is 10.4. The molecule has 3 heteroatoms. The third-order valence-electron chi connectivity index (χ3n) is 4.10. The Balaban J connectivity index is 0.000000211. The number of rotatable bonds is 4. The van der Waals surface area contributed by atoms with E-state index in [0.717, 1.165) is 0 Å². The van der Waals surface area contributed by atoms with Crippen molar-refractivity contribution in [3.63, 3.8) is 0 Å². The lowest BCUT2D eigenvalue weighted by atomic mass is 10.2. The smallest absolute Gasteiger partial charge is 0.248 e. The number of nitrogens with two attached hydrogens (primary N) is 1. The SMILES string of the molecule is NC(=O)c1ccccc1.c1ccc(P(c2ccccc2)c2ccccc2)cc1. The molecule has 1 amide bonds. The van der Waals surface area contributed by atoms with E-state index in [-0.39, 0.29) is 5.91 Å².